The highest BCUT2D eigenvalue weighted by Crippen LogP contribution is 2.40. The first kappa shape index (κ1) is 30.1. The lowest BCUT2D eigenvalue weighted by Crippen LogP contribution is -2.56. The summed E-state index contributed by atoms with van der Waals surface area (Å²) in [4.78, 5) is 51.6. The molecule has 2 heterocycles. The van der Waals surface area contributed by atoms with Gasteiger partial charge in [0.25, 0.3) is 11.8 Å². The molecule has 44 heavy (non-hydrogen) atoms. The maximum absolute atomic E-state index is 14.7. The number of rotatable bonds is 7. The molecule has 2 atom stereocenters. The van der Waals surface area contributed by atoms with Crippen LogP contribution in [0, 0.1) is 29.2 Å². The summed E-state index contributed by atoms with van der Waals surface area (Å²) in [5.74, 6) is -4.93. The molecule has 1 aromatic heterocycles. The van der Waals surface area contributed by atoms with Crippen molar-refractivity contribution in [3.8, 4) is 12.1 Å². The molecule has 1 aliphatic heterocycles. The molecule has 10 nitrogen and oxygen atoms in total. The molecular weight excluding hydrogens is 592 g/mol. The van der Waals surface area contributed by atoms with Gasteiger partial charge in [0, 0.05) is 53.3 Å². The van der Waals surface area contributed by atoms with E-state index in [2.05, 4.69) is 15.1 Å². The van der Waals surface area contributed by atoms with E-state index in [4.69, 9.17) is 18.2 Å². The van der Waals surface area contributed by atoms with E-state index in [0.29, 0.717) is 0 Å². The van der Waals surface area contributed by atoms with Gasteiger partial charge in [-0.15, -0.1) is 0 Å². The largest absolute Gasteiger partial charge is 0.351 e. The lowest BCUT2D eigenvalue weighted by molar-refractivity contribution is -0.133. The van der Waals surface area contributed by atoms with Crippen molar-refractivity contribution in [2.24, 2.45) is 0 Å². The van der Waals surface area contributed by atoms with Crippen LogP contribution in [-0.2, 0) is 14.4 Å². The number of anilines is 2. The van der Waals surface area contributed by atoms with Crippen molar-refractivity contribution in [1.82, 2.24) is 10.3 Å². The van der Waals surface area contributed by atoms with Crippen LogP contribution < -0.4 is 15.1 Å². The van der Waals surface area contributed by atoms with E-state index < -0.39 is 54.6 Å². The molecule has 1 saturated heterocycles. The maximum Gasteiger partial charge on any atom is 0.252 e. The quantitative estimate of drug-likeness (QED) is 0.363. The molecular formula is C31H22ClF2N7O3. The molecule has 1 N–H and O–H groups in total. The van der Waals surface area contributed by atoms with E-state index in [9.17, 15) is 33.7 Å². The average molecular weight is 614 g/mol. The summed E-state index contributed by atoms with van der Waals surface area (Å²) in [6, 6.07) is 13.2. The number of halogens is 3. The smallest absolute Gasteiger partial charge is 0.252 e. The Morgan fingerprint density at radius 3 is 2.52 bits per heavy atom. The van der Waals surface area contributed by atoms with E-state index in [0.717, 1.165) is 9.80 Å². The third kappa shape index (κ3) is 5.92. The van der Waals surface area contributed by atoms with Crippen molar-refractivity contribution in [3.05, 3.63) is 93.9 Å². The van der Waals surface area contributed by atoms with Gasteiger partial charge in [-0.3, -0.25) is 24.2 Å². The van der Waals surface area contributed by atoms with Crippen molar-refractivity contribution >= 4 is 46.5 Å². The topological polar surface area (TPSA) is 135 Å². The number of aromatic nitrogens is 1. The first-order valence-corrected chi connectivity index (χ1v) is 13.8. The minimum absolute atomic E-state index is 0.00320. The van der Waals surface area contributed by atoms with Gasteiger partial charge in [-0.25, -0.2) is 18.6 Å². The number of benzene rings is 2. The van der Waals surface area contributed by atoms with Gasteiger partial charge in [-0.1, -0.05) is 29.8 Å². The van der Waals surface area contributed by atoms with E-state index >= 15 is 0 Å². The third-order valence-corrected chi connectivity index (χ3v) is 7.78. The zero-order valence-electron chi connectivity index (χ0n) is 22.9. The summed E-state index contributed by atoms with van der Waals surface area (Å²) < 4.78 is 27.4. The SMILES string of the molecule is [C-]#[N+]c1cc(C#N)cc(N(C(=O)[C@@H]2CCC(=O)N2c2cc(C#N)ccn2)C(C(=O)NC2CC(F)(F)C2)c2ccccc2Cl)c1. The van der Waals surface area contributed by atoms with Gasteiger partial charge >= 0.3 is 0 Å². The van der Waals surface area contributed by atoms with Crippen LogP contribution >= 0.6 is 11.6 Å². The molecule has 0 radical (unpaired) electrons. The normalized spacial score (nSPS) is 17.9. The summed E-state index contributed by atoms with van der Waals surface area (Å²) in [6.45, 7) is 7.54. The van der Waals surface area contributed by atoms with E-state index in [1.807, 2.05) is 12.1 Å². The molecule has 1 saturated carbocycles. The van der Waals surface area contributed by atoms with Crippen LogP contribution in [-0.4, -0.2) is 40.7 Å². The number of nitrogens with zero attached hydrogens (tertiary/aromatic N) is 6. The summed E-state index contributed by atoms with van der Waals surface area (Å²) >= 11 is 6.54. The zero-order valence-corrected chi connectivity index (χ0v) is 23.6. The molecule has 1 unspecified atom stereocenters. The number of pyridine rings is 1. The van der Waals surface area contributed by atoms with Gasteiger partial charge in [0.05, 0.1) is 24.3 Å². The van der Waals surface area contributed by atoms with E-state index in [1.165, 1.54) is 48.7 Å². The second-order valence-corrected chi connectivity index (χ2v) is 10.8. The number of carbonyl (C=O) groups is 3. The predicted molar refractivity (Wildman–Crippen MR) is 155 cm³/mol. The van der Waals surface area contributed by atoms with Crippen LogP contribution in [0.1, 0.15) is 48.4 Å². The molecule has 2 aliphatic rings. The van der Waals surface area contributed by atoms with Crippen LogP contribution in [0.4, 0.5) is 26.0 Å². The fraction of sp³-hybridized carbons (Fsp3) is 0.258. The lowest BCUT2D eigenvalue weighted by Gasteiger charge is -2.39. The maximum atomic E-state index is 14.7. The second kappa shape index (κ2) is 12.1. The molecule has 1 aliphatic carbocycles. The number of nitriles is 2. The van der Waals surface area contributed by atoms with Crippen molar-refractivity contribution in [3.63, 3.8) is 0 Å². The van der Waals surface area contributed by atoms with Gasteiger partial charge in [-0.2, -0.15) is 10.5 Å². The molecule has 5 rings (SSSR count). The Hall–Kier alpha value is -5.38. The Labute approximate surface area is 255 Å². The molecule has 3 aromatic rings. The van der Waals surface area contributed by atoms with Crippen LogP contribution in [0.3, 0.4) is 0 Å². The van der Waals surface area contributed by atoms with Crippen molar-refractivity contribution in [2.75, 3.05) is 9.80 Å². The summed E-state index contributed by atoms with van der Waals surface area (Å²) in [5.41, 5.74) is 0.352. The van der Waals surface area contributed by atoms with Crippen LogP contribution in [0.5, 0.6) is 0 Å². The number of hydrogen-bond donors (Lipinski definition) is 1. The molecule has 2 aromatic carbocycles. The molecule has 0 spiro atoms. The number of nitrogens with one attached hydrogen (secondary N) is 1. The van der Waals surface area contributed by atoms with Crippen LogP contribution in [0.2, 0.25) is 5.02 Å². The van der Waals surface area contributed by atoms with E-state index in [-0.39, 0.29) is 51.7 Å². The fourth-order valence-electron chi connectivity index (χ4n) is 5.39. The highest BCUT2D eigenvalue weighted by Gasteiger charge is 2.48. The van der Waals surface area contributed by atoms with Gasteiger partial charge in [-0.05, 0) is 42.8 Å². The molecule has 13 heteroatoms. The third-order valence-electron chi connectivity index (χ3n) is 7.44. The standard InChI is InChI=1S/C31H22ClF2N7O3/c1-37-20-10-19(17-36)11-22(13-20)40(30(44)25-6-7-27(42)41(25)26-12-18(16-35)8-9-38-26)28(23-4-2-3-5-24(23)32)29(43)39-21-14-31(33,34)15-21/h2-5,8-13,21,25,28H,6-7,14-15H2,(H,39,43)/t25-,28?/m0/s1. The Balaban J connectivity index is 1.67. The first-order valence-electron chi connectivity index (χ1n) is 13.4. The first-order chi connectivity index (χ1) is 21.0. The highest BCUT2D eigenvalue weighted by atomic mass is 35.5. The molecule has 220 valence electrons. The number of alkyl halides is 2. The van der Waals surface area contributed by atoms with Gasteiger partial charge in [0.2, 0.25) is 11.8 Å². The summed E-state index contributed by atoms with van der Waals surface area (Å²) in [6.07, 6.45) is 0.130. The molecule has 3 amide bonds. The Bertz CT molecular complexity index is 1760. The van der Waals surface area contributed by atoms with Gasteiger partial charge in [0.1, 0.15) is 17.9 Å². The van der Waals surface area contributed by atoms with Crippen molar-refractivity contribution < 1.29 is 23.2 Å². The summed E-state index contributed by atoms with van der Waals surface area (Å²) in [7, 11) is 0. The molecule has 2 fully saturated rings. The zero-order chi connectivity index (χ0) is 31.6. The Morgan fingerprint density at radius 1 is 1.14 bits per heavy atom. The van der Waals surface area contributed by atoms with Gasteiger partial charge < -0.3 is 5.32 Å². The number of amides is 3. The van der Waals surface area contributed by atoms with Crippen LogP contribution in [0.15, 0.2) is 60.8 Å². The Kier molecular flexibility index (Phi) is 8.26. The lowest BCUT2D eigenvalue weighted by atomic mass is 9.87. The minimum Gasteiger partial charge on any atom is -0.351 e. The summed E-state index contributed by atoms with van der Waals surface area (Å²) in [5, 5.41) is 21.8. The molecule has 0 bridgehead atoms. The number of hydrogen-bond acceptors (Lipinski definition) is 6. The van der Waals surface area contributed by atoms with E-state index in [1.54, 1.807) is 12.1 Å². The van der Waals surface area contributed by atoms with Gasteiger partial charge in [0.15, 0.2) is 5.69 Å². The second-order valence-electron chi connectivity index (χ2n) is 10.4. The van der Waals surface area contributed by atoms with Crippen LogP contribution in [0.25, 0.3) is 4.85 Å². The highest BCUT2D eigenvalue weighted by molar-refractivity contribution is 6.31. The Morgan fingerprint density at radius 2 is 1.86 bits per heavy atom. The van der Waals surface area contributed by atoms with Crippen molar-refractivity contribution in [1.29, 1.82) is 10.5 Å². The monoisotopic (exact) mass is 613 g/mol. The number of carbonyl (C=O) groups excluding carboxylic acids is 3. The average Bonchev–Trinajstić information content (AvgIpc) is 3.39. The van der Waals surface area contributed by atoms with Crippen molar-refractivity contribution in [2.45, 2.75) is 49.7 Å². The predicted octanol–water partition coefficient (Wildman–Crippen LogP) is 5.21. The fourth-order valence-corrected chi connectivity index (χ4v) is 5.63. The minimum atomic E-state index is -2.94.